The third-order valence-corrected chi connectivity index (χ3v) is 10.2. The molecule has 2 aromatic heterocycles. The van der Waals surface area contributed by atoms with E-state index in [0.717, 1.165) is 18.2 Å². The molecule has 2 fully saturated rings. The Labute approximate surface area is 254 Å². The Hall–Kier alpha value is -3.87. The minimum atomic E-state index is -3.76. The molecule has 1 saturated carbocycles. The van der Waals surface area contributed by atoms with Crippen LogP contribution in [0.4, 0.5) is 11.4 Å². The predicted molar refractivity (Wildman–Crippen MR) is 167 cm³/mol. The predicted octanol–water partition coefficient (Wildman–Crippen LogP) is 3.86. The minimum Gasteiger partial charge on any atom is -0.496 e. The molecule has 43 heavy (non-hydrogen) atoms. The molecule has 2 N–H and O–H groups in total. The van der Waals surface area contributed by atoms with Crippen LogP contribution in [-0.2, 0) is 15.8 Å². The number of halogens is 1. The molecule has 2 aromatic carbocycles. The number of piperazine rings is 1. The van der Waals surface area contributed by atoms with Gasteiger partial charge in [0.2, 0.25) is 15.8 Å². The molecular formula is C30H33ClN6O5S. The fraction of sp³-hybridized carbons (Fsp3) is 0.367. The molecule has 1 aliphatic heterocycles. The maximum atomic E-state index is 13.7. The Bertz CT molecular complexity index is 1850. The second-order valence-electron chi connectivity index (χ2n) is 11.3. The summed E-state index contributed by atoms with van der Waals surface area (Å²) in [4.78, 5) is 19.9. The molecule has 0 atom stereocenters. The number of hydrogen-bond donors (Lipinski definition) is 1. The number of rotatable bonds is 9. The number of fused-ring (bicyclic) bond motifs is 1. The fourth-order valence-corrected chi connectivity index (χ4v) is 7.01. The largest absolute Gasteiger partial charge is 0.496 e. The highest BCUT2D eigenvalue weighted by Crippen LogP contribution is 2.45. The van der Waals surface area contributed by atoms with Crippen LogP contribution in [0.15, 0.2) is 59.7 Å². The number of aromatic nitrogens is 3. The van der Waals surface area contributed by atoms with Crippen LogP contribution in [0.2, 0.25) is 5.02 Å². The Morgan fingerprint density at radius 1 is 1.09 bits per heavy atom. The molecule has 11 nitrogen and oxygen atoms in total. The topological polar surface area (TPSA) is 133 Å². The van der Waals surface area contributed by atoms with E-state index in [1.54, 1.807) is 48.8 Å². The first-order valence-corrected chi connectivity index (χ1v) is 16.0. The van der Waals surface area contributed by atoms with Gasteiger partial charge in [-0.05, 0) is 43.2 Å². The van der Waals surface area contributed by atoms with Crippen molar-refractivity contribution in [2.75, 3.05) is 50.5 Å². The van der Waals surface area contributed by atoms with Gasteiger partial charge in [-0.15, -0.1) is 0 Å². The van der Waals surface area contributed by atoms with E-state index in [1.165, 1.54) is 16.1 Å². The number of ether oxygens (including phenoxy) is 2. The smallest absolute Gasteiger partial charge is 0.316 e. The van der Waals surface area contributed by atoms with Crippen LogP contribution >= 0.6 is 11.6 Å². The lowest BCUT2D eigenvalue weighted by molar-refractivity contribution is 0.242. The van der Waals surface area contributed by atoms with Crippen molar-refractivity contribution in [3.8, 4) is 17.2 Å². The van der Waals surface area contributed by atoms with Gasteiger partial charge in [-0.3, -0.25) is 9.78 Å². The van der Waals surface area contributed by atoms with Crippen molar-refractivity contribution in [2.45, 2.75) is 25.5 Å². The number of methoxy groups -OCH3 is 1. The second-order valence-corrected chi connectivity index (χ2v) is 13.7. The molecular weight excluding hydrogens is 592 g/mol. The molecule has 4 aromatic rings. The number of pyridine rings is 1. The van der Waals surface area contributed by atoms with Gasteiger partial charge in [-0.2, -0.15) is 14.1 Å². The van der Waals surface area contributed by atoms with Crippen molar-refractivity contribution in [1.29, 1.82) is 0 Å². The highest BCUT2D eigenvalue weighted by atomic mass is 35.5. The van der Waals surface area contributed by atoms with Crippen LogP contribution in [-0.4, -0.2) is 67.4 Å². The summed E-state index contributed by atoms with van der Waals surface area (Å²) in [6, 6.07) is 12.3. The van der Waals surface area contributed by atoms with E-state index in [-0.39, 0.29) is 35.7 Å². The van der Waals surface area contributed by atoms with Crippen LogP contribution in [0.5, 0.6) is 11.5 Å². The molecule has 1 aliphatic carbocycles. The standard InChI is InChI=1S/C30H33ClN6O5S/c1-30(8-9-30)19-42-28-24(17-34-37(29(28)38)22-7-3-6-21(31)16-22)35-11-13-36(14-12-35)43(39,40)18-23-25(41-2)15-20-5-4-10-33-27(20)26(23)32/h3-7,10,15-17H,8-9,11-14,18-19,32H2,1-2H3. The molecule has 0 unspecified atom stereocenters. The van der Waals surface area contributed by atoms with Gasteiger partial charge in [0.15, 0.2) is 0 Å². The Kier molecular flexibility index (Phi) is 7.69. The van der Waals surface area contributed by atoms with Crippen molar-refractivity contribution in [1.82, 2.24) is 19.1 Å². The SMILES string of the molecule is COc1cc2cccnc2c(N)c1CS(=O)(=O)N1CCN(c2cnn(-c3cccc(Cl)c3)c(=O)c2OCC2(C)CC2)CC1. The van der Waals surface area contributed by atoms with Crippen molar-refractivity contribution in [2.24, 2.45) is 5.41 Å². The first-order chi connectivity index (χ1) is 20.6. The Morgan fingerprint density at radius 2 is 1.86 bits per heavy atom. The van der Waals surface area contributed by atoms with Crippen LogP contribution in [0.1, 0.15) is 25.3 Å². The summed E-state index contributed by atoms with van der Waals surface area (Å²) in [5.41, 5.74) is 8.31. The zero-order valence-electron chi connectivity index (χ0n) is 24.0. The summed E-state index contributed by atoms with van der Waals surface area (Å²) in [7, 11) is -2.27. The van der Waals surface area contributed by atoms with E-state index >= 15 is 0 Å². The number of nitrogen functional groups attached to an aromatic ring is 1. The highest BCUT2D eigenvalue weighted by Gasteiger charge is 2.39. The van der Waals surface area contributed by atoms with Crippen molar-refractivity contribution < 1.29 is 17.9 Å². The lowest BCUT2D eigenvalue weighted by atomic mass is 10.1. The third-order valence-electron chi connectivity index (χ3n) is 8.16. The maximum absolute atomic E-state index is 13.7. The summed E-state index contributed by atoms with van der Waals surface area (Å²) in [6.07, 6.45) is 5.29. The molecule has 3 heterocycles. The van der Waals surface area contributed by atoms with Gasteiger partial charge < -0.3 is 20.1 Å². The summed E-state index contributed by atoms with van der Waals surface area (Å²) in [6.45, 7) is 3.66. The summed E-state index contributed by atoms with van der Waals surface area (Å²) < 4.78 is 41.6. The van der Waals surface area contributed by atoms with Crippen LogP contribution in [0.3, 0.4) is 0 Å². The first-order valence-electron chi connectivity index (χ1n) is 14.0. The minimum absolute atomic E-state index is 0.0435. The number of benzene rings is 2. The number of anilines is 2. The van der Waals surface area contributed by atoms with E-state index in [9.17, 15) is 13.2 Å². The molecule has 226 valence electrons. The summed E-state index contributed by atoms with van der Waals surface area (Å²) in [5.74, 6) is 0.275. The quantitative estimate of drug-likeness (QED) is 0.276. The zero-order chi connectivity index (χ0) is 30.4. The van der Waals surface area contributed by atoms with Gasteiger partial charge in [-0.1, -0.05) is 30.7 Å². The molecule has 2 aliphatic rings. The Balaban J connectivity index is 1.24. The average molecular weight is 625 g/mol. The van der Waals surface area contributed by atoms with Crippen LogP contribution < -0.4 is 25.7 Å². The van der Waals surface area contributed by atoms with Crippen LogP contribution in [0, 0.1) is 5.41 Å². The van der Waals surface area contributed by atoms with Gasteiger partial charge in [-0.25, -0.2) is 8.42 Å². The van der Waals surface area contributed by atoms with E-state index in [4.69, 9.17) is 26.8 Å². The zero-order valence-corrected chi connectivity index (χ0v) is 25.6. The van der Waals surface area contributed by atoms with Crippen molar-refractivity contribution in [3.05, 3.63) is 75.8 Å². The van der Waals surface area contributed by atoms with Gasteiger partial charge in [0.1, 0.15) is 11.4 Å². The fourth-order valence-electron chi connectivity index (χ4n) is 5.26. The van der Waals surface area contributed by atoms with Gasteiger partial charge >= 0.3 is 5.56 Å². The molecule has 6 rings (SSSR count). The third kappa shape index (κ3) is 5.86. The van der Waals surface area contributed by atoms with Crippen LogP contribution in [0.25, 0.3) is 16.6 Å². The molecule has 0 radical (unpaired) electrons. The second kappa shape index (κ2) is 11.3. The summed E-state index contributed by atoms with van der Waals surface area (Å²) in [5, 5.41) is 5.68. The normalized spacial score (nSPS) is 16.8. The molecule has 13 heteroatoms. The number of hydrogen-bond acceptors (Lipinski definition) is 9. The number of nitrogens with two attached hydrogens (primary N) is 1. The lowest BCUT2D eigenvalue weighted by Gasteiger charge is -2.36. The van der Waals surface area contributed by atoms with Crippen molar-refractivity contribution >= 4 is 43.9 Å². The van der Waals surface area contributed by atoms with Crippen molar-refractivity contribution in [3.63, 3.8) is 0 Å². The van der Waals surface area contributed by atoms with Gasteiger partial charge in [0.25, 0.3) is 0 Å². The summed E-state index contributed by atoms with van der Waals surface area (Å²) >= 11 is 6.17. The highest BCUT2D eigenvalue weighted by molar-refractivity contribution is 7.88. The number of nitrogens with zero attached hydrogens (tertiary/aromatic N) is 5. The van der Waals surface area contributed by atoms with E-state index in [2.05, 4.69) is 17.0 Å². The first kappa shape index (κ1) is 29.2. The monoisotopic (exact) mass is 624 g/mol. The lowest BCUT2D eigenvalue weighted by Crippen LogP contribution is -2.49. The molecule has 0 bridgehead atoms. The van der Waals surface area contributed by atoms with Gasteiger partial charge in [0.05, 0.1) is 42.6 Å². The Morgan fingerprint density at radius 3 is 2.56 bits per heavy atom. The average Bonchev–Trinajstić information content (AvgIpc) is 3.74. The maximum Gasteiger partial charge on any atom is 0.316 e. The molecule has 0 spiro atoms. The van der Waals surface area contributed by atoms with E-state index < -0.39 is 15.6 Å². The number of sulfonamides is 1. The molecule has 1 saturated heterocycles. The molecule has 0 amide bonds. The van der Waals surface area contributed by atoms with E-state index in [1.807, 2.05) is 11.0 Å². The van der Waals surface area contributed by atoms with E-state index in [0.29, 0.717) is 52.9 Å². The van der Waals surface area contributed by atoms with Gasteiger partial charge in [0, 0.05) is 53.8 Å².